The van der Waals surface area contributed by atoms with Crippen LogP contribution in [0.5, 0.6) is 0 Å². The molecule has 1 aromatic heterocycles. The number of benzene rings is 1. The number of nitrogens with zero attached hydrogens (tertiary/aromatic N) is 1. The molecule has 0 fully saturated rings. The topological polar surface area (TPSA) is 57.8 Å². The fraction of sp³-hybridized carbons (Fsp3) is 0.167. The summed E-state index contributed by atoms with van der Waals surface area (Å²) in [6.07, 6.45) is -4.61. The average molecular weight is 287 g/mol. The molecule has 0 aliphatic rings. The third-order valence-electron chi connectivity index (χ3n) is 2.55. The van der Waals surface area contributed by atoms with Crippen LogP contribution >= 0.6 is 0 Å². The maximum absolute atomic E-state index is 13.3. The van der Waals surface area contributed by atoms with Crippen molar-refractivity contribution in [2.24, 2.45) is 0 Å². The standard InChI is InChI=1S/C12H9F4N3O/c1-6-2-3-7(4-8(6)13)17-11(20)9-5-10(19-18-9)12(14,15)16/h2-5H,1H3,(H,17,20)(H,18,19). The summed E-state index contributed by atoms with van der Waals surface area (Å²) in [6.45, 7) is 1.55. The van der Waals surface area contributed by atoms with Crippen LogP contribution in [0.2, 0.25) is 0 Å². The number of carbonyl (C=O) groups is 1. The molecular weight excluding hydrogens is 278 g/mol. The first-order chi connectivity index (χ1) is 9.27. The maximum Gasteiger partial charge on any atom is 0.432 e. The summed E-state index contributed by atoms with van der Waals surface area (Å²) in [5, 5.41) is 7.25. The van der Waals surface area contributed by atoms with Crippen molar-refractivity contribution < 1.29 is 22.4 Å². The Morgan fingerprint density at radius 2 is 2.00 bits per heavy atom. The van der Waals surface area contributed by atoms with E-state index in [9.17, 15) is 22.4 Å². The van der Waals surface area contributed by atoms with E-state index < -0.39 is 29.3 Å². The number of hydrogen-bond donors (Lipinski definition) is 2. The summed E-state index contributed by atoms with van der Waals surface area (Å²) in [5.41, 5.74) is -1.03. The van der Waals surface area contributed by atoms with Gasteiger partial charge < -0.3 is 5.32 Å². The molecule has 1 heterocycles. The SMILES string of the molecule is Cc1ccc(NC(=O)c2cc(C(F)(F)F)[nH]n2)cc1F. The molecule has 0 aliphatic heterocycles. The first-order valence-electron chi connectivity index (χ1n) is 5.47. The van der Waals surface area contributed by atoms with Crippen LogP contribution in [-0.2, 0) is 6.18 Å². The summed E-state index contributed by atoms with van der Waals surface area (Å²) in [4.78, 5) is 11.7. The molecule has 8 heteroatoms. The number of H-pyrrole nitrogens is 1. The lowest BCUT2D eigenvalue weighted by atomic mass is 10.2. The lowest BCUT2D eigenvalue weighted by Crippen LogP contribution is -2.12. The van der Waals surface area contributed by atoms with Gasteiger partial charge in [-0.05, 0) is 24.6 Å². The number of aryl methyl sites for hydroxylation is 1. The summed E-state index contributed by atoms with van der Waals surface area (Å²) >= 11 is 0. The van der Waals surface area contributed by atoms with E-state index in [-0.39, 0.29) is 5.69 Å². The van der Waals surface area contributed by atoms with Gasteiger partial charge in [0.1, 0.15) is 11.5 Å². The molecule has 2 aromatic rings. The molecule has 20 heavy (non-hydrogen) atoms. The molecule has 0 spiro atoms. The fourth-order valence-electron chi connectivity index (χ4n) is 1.45. The zero-order valence-corrected chi connectivity index (χ0v) is 10.2. The van der Waals surface area contributed by atoms with E-state index in [4.69, 9.17) is 0 Å². The van der Waals surface area contributed by atoms with Gasteiger partial charge in [0.05, 0.1) is 0 Å². The molecule has 0 unspecified atom stereocenters. The van der Waals surface area contributed by atoms with Crippen molar-refractivity contribution in [3.8, 4) is 0 Å². The summed E-state index contributed by atoms with van der Waals surface area (Å²) in [6, 6.07) is 4.54. The van der Waals surface area contributed by atoms with Crippen LogP contribution in [0.15, 0.2) is 24.3 Å². The van der Waals surface area contributed by atoms with Crippen LogP contribution in [0, 0.1) is 12.7 Å². The molecule has 2 rings (SSSR count). The van der Waals surface area contributed by atoms with Crippen LogP contribution in [0.4, 0.5) is 23.2 Å². The fourth-order valence-corrected chi connectivity index (χ4v) is 1.45. The summed E-state index contributed by atoms with van der Waals surface area (Å²) < 4.78 is 50.3. The van der Waals surface area contributed by atoms with E-state index in [1.54, 1.807) is 12.0 Å². The summed E-state index contributed by atoms with van der Waals surface area (Å²) in [7, 11) is 0. The van der Waals surface area contributed by atoms with Crippen molar-refractivity contribution in [2.45, 2.75) is 13.1 Å². The lowest BCUT2D eigenvalue weighted by Gasteiger charge is -2.04. The largest absolute Gasteiger partial charge is 0.432 e. The normalized spacial score (nSPS) is 11.4. The van der Waals surface area contributed by atoms with Gasteiger partial charge in [0.2, 0.25) is 0 Å². The van der Waals surface area contributed by atoms with Gasteiger partial charge in [0, 0.05) is 11.8 Å². The molecule has 1 amide bonds. The highest BCUT2D eigenvalue weighted by Crippen LogP contribution is 2.27. The van der Waals surface area contributed by atoms with Gasteiger partial charge >= 0.3 is 6.18 Å². The van der Waals surface area contributed by atoms with Crippen molar-refractivity contribution in [3.63, 3.8) is 0 Å². The van der Waals surface area contributed by atoms with Crippen LogP contribution < -0.4 is 5.32 Å². The molecule has 2 N–H and O–H groups in total. The van der Waals surface area contributed by atoms with Gasteiger partial charge in [-0.3, -0.25) is 9.89 Å². The molecule has 0 atom stereocenters. The van der Waals surface area contributed by atoms with E-state index in [0.717, 1.165) is 6.07 Å². The molecule has 1 aromatic carbocycles. The van der Waals surface area contributed by atoms with Crippen LogP contribution in [0.25, 0.3) is 0 Å². The highest BCUT2D eigenvalue weighted by Gasteiger charge is 2.33. The Morgan fingerprint density at radius 1 is 1.30 bits per heavy atom. The Bertz CT molecular complexity index is 648. The Balaban J connectivity index is 2.16. The number of nitrogens with one attached hydrogen (secondary N) is 2. The Kier molecular flexibility index (Phi) is 3.47. The number of anilines is 1. The van der Waals surface area contributed by atoms with Crippen molar-refractivity contribution in [1.29, 1.82) is 0 Å². The lowest BCUT2D eigenvalue weighted by molar-refractivity contribution is -0.141. The molecule has 4 nitrogen and oxygen atoms in total. The van der Waals surface area contributed by atoms with Crippen LogP contribution in [0.3, 0.4) is 0 Å². The van der Waals surface area contributed by atoms with Crippen LogP contribution in [-0.4, -0.2) is 16.1 Å². The minimum atomic E-state index is -4.61. The van der Waals surface area contributed by atoms with Crippen molar-refractivity contribution >= 4 is 11.6 Å². The predicted octanol–water partition coefficient (Wildman–Crippen LogP) is 3.13. The number of halogens is 4. The Morgan fingerprint density at radius 3 is 2.55 bits per heavy atom. The molecule has 0 saturated heterocycles. The minimum absolute atomic E-state index is 0.134. The van der Waals surface area contributed by atoms with Gasteiger partial charge in [0.15, 0.2) is 5.69 Å². The maximum atomic E-state index is 13.3. The molecule has 0 saturated carbocycles. The number of rotatable bonds is 2. The highest BCUT2D eigenvalue weighted by atomic mass is 19.4. The second kappa shape index (κ2) is 4.95. The van der Waals surface area contributed by atoms with Crippen molar-refractivity contribution in [3.05, 3.63) is 47.0 Å². The zero-order valence-electron chi connectivity index (χ0n) is 10.2. The molecule has 0 bridgehead atoms. The second-order valence-corrected chi connectivity index (χ2v) is 4.08. The summed E-state index contributed by atoms with van der Waals surface area (Å²) in [5.74, 6) is -1.39. The van der Waals surface area contributed by atoms with Gasteiger partial charge in [-0.1, -0.05) is 6.07 Å². The third kappa shape index (κ3) is 2.95. The third-order valence-corrected chi connectivity index (χ3v) is 2.55. The van der Waals surface area contributed by atoms with E-state index in [1.807, 2.05) is 0 Å². The number of alkyl halides is 3. The number of aromatic nitrogens is 2. The Hall–Kier alpha value is -2.38. The first kappa shape index (κ1) is 14.0. The second-order valence-electron chi connectivity index (χ2n) is 4.08. The van der Waals surface area contributed by atoms with Gasteiger partial charge in [0.25, 0.3) is 5.91 Å². The Labute approximate surface area is 110 Å². The van der Waals surface area contributed by atoms with E-state index in [1.165, 1.54) is 12.1 Å². The number of amides is 1. The van der Waals surface area contributed by atoms with E-state index in [2.05, 4.69) is 10.4 Å². The zero-order chi connectivity index (χ0) is 14.9. The number of hydrogen-bond acceptors (Lipinski definition) is 2. The van der Waals surface area contributed by atoms with Crippen molar-refractivity contribution in [1.82, 2.24) is 10.2 Å². The van der Waals surface area contributed by atoms with Crippen molar-refractivity contribution in [2.75, 3.05) is 5.32 Å². The van der Waals surface area contributed by atoms with E-state index >= 15 is 0 Å². The van der Waals surface area contributed by atoms with Gasteiger partial charge in [-0.2, -0.15) is 18.3 Å². The monoisotopic (exact) mass is 287 g/mol. The number of carbonyl (C=O) groups excluding carboxylic acids is 1. The van der Waals surface area contributed by atoms with Crippen LogP contribution in [0.1, 0.15) is 21.7 Å². The minimum Gasteiger partial charge on any atom is -0.320 e. The smallest absolute Gasteiger partial charge is 0.320 e. The molecule has 0 aliphatic carbocycles. The number of aromatic amines is 1. The van der Waals surface area contributed by atoms with Gasteiger partial charge in [-0.15, -0.1) is 0 Å². The average Bonchev–Trinajstić information content (AvgIpc) is 2.83. The molecule has 106 valence electrons. The quantitative estimate of drug-likeness (QED) is 0.834. The van der Waals surface area contributed by atoms with E-state index in [0.29, 0.717) is 11.6 Å². The van der Waals surface area contributed by atoms with Gasteiger partial charge in [-0.25, -0.2) is 4.39 Å². The molecule has 0 radical (unpaired) electrons. The predicted molar refractivity (Wildman–Crippen MR) is 62.7 cm³/mol. The first-order valence-corrected chi connectivity index (χ1v) is 5.47. The molecular formula is C12H9F4N3O. The highest BCUT2D eigenvalue weighted by molar-refractivity contribution is 6.02.